The van der Waals surface area contributed by atoms with E-state index in [1.165, 1.54) is 5.56 Å². The van der Waals surface area contributed by atoms with Gasteiger partial charge in [-0.25, -0.2) is 13.1 Å². The number of aryl methyl sites for hydroxylation is 1. The van der Waals surface area contributed by atoms with Crippen molar-refractivity contribution >= 4 is 15.9 Å². The molecule has 1 aliphatic heterocycles. The molecule has 0 bridgehead atoms. The van der Waals surface area contributed by atoms with E-state index in [0.29, 0.717) is 12.5 Å². The number of benzene rings is 1. The molecule has 146 valence electrons. The third-order valence-corrected chi connectivity index (χ3v) is 5.45. The smallest absolute Gasteiger partial charge is 0.260 e. The van der Waals surface area contributed by atoms with E-state index in [9.17, 15) is 13.2 Å². The van der Waals surface area contributed by atoms with Gasteiger partial charge in [0.15, 0.2) is 6.61 Å². The van der Waals surface area contributed by atoms with Gasteiger partial charge < -0.3 is 9.64 Å². The first-order valence-electron chi connectivity index (χ1n) is 9.15. The minimum absolute atomic E-state index is 0.0300. The fraction of sp³-hybridized carbons (Fsp3) is 0.632. The lowest BCUT2D eigenvalue weighted by Crippen LogP contribution is -2.50. The zero-order valence-electron chi connectivity index (χ0n) is 16.1. The van der Waals surface area contributed by atoms with E-state index >= 15 is 0 Å². The maximum absolute atomic E-state index is 12.7. The Kier molecular flexibility index (Phi) is 7.06. The summed E-state index contributed by atoms with van der Waals surface area (Å²) in [5.41, 5.74) is 2.17. The van der Waals surface area contributed by atoms with Gasteiger partial charge in [-0.1, -0.05) is 26.0 Å². The number of rotatable bonds is 7. The molecule has 1 heterocycles. The molecule has 0 spiro atoms. The molecule has 26 heavy (non-hydrogen) atoms. The van der Waals surface area contributed by atoms with Gasteiger partial charge in [0, 0.05) is 19.1 Å². The molecular weight excluding hydrogens is 352 g/mol. The van der Waals surface area contributed by atoms with Crippen molar-refractivity contribution in [2.75, 3.05) is 26.0 Å². The molecule has 1 aromatic carbocycles. The van der Waals surface area contributed by atoms with Crippen LogP contribution in [-0.4, -0.2) is 51.2 Å². The maximum Gasteiger partial charge on any atom is 0.260 e. The highest BCUT2D eigenvalue weighted by Crippen LogP contribution is 2.24. The average molecular weight is 383 g/mol. The van der Waals surface area contributed by atoms with Crippen LogP contribution < -0.4 is 9.46 Å². The second-order valence-electron chi connectivity index (χ2n) is 7.33. The molecule has 1 fully saturated rings. The summed E-state index contributed by atoms with van der Waals surface area (Å²) >= 11 is 0. The van der Waals surface area contributed by atoms with Crippen LogP contribution in [0.25, 0.3) is 0 Å². The number of hydrogen-bond donors (Lipinski definition) is 1. The molecule has 2 rings (SSSR count). The van der Waals surface area contributed by atoms with E-state index in [1.54, 1.807) is 4.90 Å². The summed E-state index contributed by atoms with van der Waals surface area (Å²) in [7, 11) is -3.27. The summed E-state index contributed by atoms with van der Waals surface area (Å²) in [5.74, 6) is 1.02. The highest BCUT2D eigenvalue weighted by atomic mass is 32.2. The van der Waals surface area contributed by atoms with Gasteiger partial charge in [-0.15, -0.1) is 0 Å². The Morgan fingerprint density at radius 3 is 2.73 bits per heavy atom. The highest BCUT2D eigenvalue weighted by molar-refractivity contribution is 7.88. The molecule has 1 aliphatic rings. The van der Waals surface area contributed by atoms with Gasteiger partial charge in [-0.3, -0.25) is 4.79 Å². The van der Waals surface area contributed by atoms with Crippen LogP contribution >= 0.6 is 0 Å². The lowest BCUT2D eigenvalue weighted by molar-refractivity contribution is -0.136. The first-order valence-corrected chi connectivity index (χ1v) is 11.0. The van der Waals surface area contributed by atoms with E-state index in [1.807, 2.05) is 19.1 Å². The highest BCUT2D eigenvalue weighted by Gasteiger charge is 2.27. The molecular formula is C19H30N2O4S. The zero-order chi connectivity index (χ0) is 19.3. The topological polar surface area (TPSA) is 75.7 Å². The van der Waals surface area contributed by atoms with Gasteiger partial charge in [0.25, 0.3) is 5.91 Å². The number of carbonyl (C=O) groups excluding carboxylic acids is 1. The lowest BCUT2D eigenvalue weighted by Gasteiger charge is -2.35. The van der Waals surface area contributed by atoms with Crippen LogP contribution in [-0.2, 0) is 14.8 Å². The molecule has 6 nitrogen and oxygen atoms in total. The van der Waals surface area contributed by atoms with E-state index in [0.717, 1.165) is 36.8 Å². The molecule has 0 aromatic heterocycles. The Balaban J connectivity index is 2.00. The lowest BCUT2D eigenvalue weighted by atomic mass is 10.0. The number of piperidine rings is 1. The van der Waals surface area contributed by atoms with Crippen molar-refractivity contribution in [3.05, 3.63) is 29.3 Å². The standard InChI is InChI=1S/C19H30N2O4S/c1-14(2)16-9-8-15(3)18(11-16)25-13-19(22)21-10-6-5-7-17(21)12-20-26(4,23)24/h8-9,11,14,17,20H,5-7,10,12-13H2,1-4H3. The van der Waals surface area contributed by atoms with Gasteiger partial charge in [0.2, 0.25) is 10.0 Å². The largest absolute Gasteiger partial charge is 0.483 e. The van der Waals surface area contributed by atoms with Gasteiger partial charge in [-0.2, -0.15) is 0 Å². The van der Waals surface area contributed by atoms with E-state index in [2.05, 4.69) is 24.6 Å². The Bertz CT molecular complexity index is 731. The molecule has 1 aromatic rings. The fourth-order valence-corrected chi connectivity index (χ4v) is 3.64. The third-order valence-electron chi connectivity index (χ3n) is 4.76. The van der Waals surface area contributed by atoms with Crippen molar-refractivity contribution < 1.29 is 17.9 Å². The van der Waals surface area contributed by atoms with Gasteiger partial charge in [0.1, 0.15) is 5.75 Å². The van der Waals surface area contributed by atoms with Crippen molar-refractivity contribution in [2.24, 2.45) is 0 Å². The SMILES string of the molecule is Cc1ccc(C(C)C)cc1OCC(=O)N1CCCCC1CNS(C)(=O)=O. The quantitative estimate of drug-likeness (QED) is 0.786. The summed E-state index contributed by atoms with van der Waals surface area (Å²) in [5, 5.41) is 0. The Labute approximate surface area is 157 Å². The predicted molar refractivity (Wildman–Crippen MR) is 103 cm³/mol. The van der Waals surface area contributed by atoms with Crippen LogP contribution in [0, 0.1) is 6.92 Å². The number of ether oxygens (including phenoxy) is 1. The van der Waals surface area contributed by atoms with Crippen LogP contribution in [0.2, 0.25) is 0 Å². The molecule has 0 aliphatic carbocycles. The monoisotopic (exact) mass is 382 g/mol. The summed E-state index contributed by atoms with van der Waals surface area (Å²) in [6.45, 7) is 7.07. The van der Waals surface area contributed by atoms with Crippen LogP contribution in [0.3, 0.4) is 0 Å². The number of carbonyl (C=O) groups is 1. The molecule has 1 N–H and O–H groups in total. The van der Waals surface area contributed by atoms with E-state index < -0.39 is 10.0 Å². The molecule has 0 radical (unpaired) electrons. The van der Waals surface area contributed by atoms with Crippen LogP contribution in [0.15, 0.2) is 18.2 Å². The Hall–Kier alpha value is -1.60. The molecule has 7 heteroatoms. The van der Waals surface area contributed by atoms with E-state index in [-0.39, 0.29) is 25.1 Å². The second kappa shape index (κ2) is 8.86. The number of hydrogen-bond acceptors (Lipinski definition) is 4. The van der Waals surface area contributed by atoms with Crippen molar-refractivity contribution in [2.45, 2.75) is 52.0 Å². The van der Waals surface area contributed by atoms with Crippen LogP contribution in [0.1, 0.15) is 50.2 Å². The van der Waals surface area contributed by atoms with Crippen molar-refractivity contribution in [1.82, 2.24) is 9.62 Å². The summed E-state index contributed by atoms with van der Waals surface area (Å²) in [6.07, 6.45) is 3.87. The number of amides is 1. The van der Waals surface area contributed by atoms with Gasteiger partial charge in [-0.05, 0) is 49.3 Å². The number of nitrogens with zero attached hydrogens (tertiary/aromatic N) is 1. The normalized spacial score (nSPS) is 18.2. The van der Waals surface area contributed by atoms with Crippen molar-refractivity contribution in [3.63, 3.8) is 0 Å². The van der Waals surface area contributed by atoms with Crippen molar-refractivity contribution in [1.29, 1.82) is 0 Å². The summed E-state index contributed by atoms with van der Waals surface area (Å²) < 4.78 is 31.0. The van der Waals surface area contributed by atoms with Crippen LogP contribution in [0.5, 0.6) is 5.75 Å². The van der Waals surface area contributed by atoms with Crippen molar-refractivity contribution in [3.8, 4) is 5.75 Å². The first kappa shape index (κ1) is 20.7. The molecule has 1 atom stereocenters. The number of nitrogens with one attached hydrogen (secondary N) is 1. The minimum Gasteiger partial charge on any atom is -0.483 e. The van der Waals surface area contributed by atoms with E-state index in [4.69, 9.17) is 4.74 Å². The maximum atomic E-state index is 12.7. The zero-order valence-corrected chi connectivity index (χ0v) is 16.9. The number of likely N-dealkylation sites (tertiary alicyclic amines) is 1. The molecule has 1 amide bonds. The summed E-state index contributed by atoms with van der Waals surface area (Å²) in [4.78, 5) is 14.4. The third kappa shape index (κ3) is 5.99. The molecule has 0 saturated carbocycles. The second-order valence-corrected chi connectivity index (χ2v) is 9.16. The predicted octanol–water partition coefficient (Wildman–Crippen LogP) is 2.43. The Morgan fingerprint density at radius 2 is 2.08 bits per heavy atom. The van der Waals surface area contributed by atoms with Gasteiger partial charge >= 0.3 is 0 Å². The first-order chi connectivity index (χ1) is 12.2. The van der Waals surface area contributed by atoms with Crippen LogP contribution in [0.4, 0.5) is 0 Å². The molecule has 1 saturated heterocycles. The summed E-state index contributed by atoms with van der Waals surface area (Å²) in [6, 6.07) is 5.96. The average Bonchev–Trinajstić information content (AvgIpc) is 2.58. The fourth-order valence-electron chi connectivity index (χ4n) is 3.14. The molecule has 1 unspecified atom stereocenters. The van der Waals surface area contributed by atoms with Gasteiger partial charge in [0.05, 0.1) is 6.26 Å². The Morgan fingerprint density at radius 1 is 1.35 bits per heavy atom. The number of sulfonamides is 1. The minimum atomic E-state index is -3.27.